The van der Waals surface area contributed by atoms with E-state index in [9.17, 15) is 14.7 Å². The Hall–Kier alpha value is -1.10. The summed E-state index contributed by atoms with van der Waals surface area (Å²) in [5, 5.41) is 9.72. The lowest BCUT2D eigenvalue weighted by Gasteiger charge is -2.20. The van der Waals surface area contributed by atoms with E-state index in [2.05, 4.69) is 13.8 Å². The minimum atomic E-state index is -0.860. The number of aliphatic hydroxyl groups excluding tert-OH is 1. The van der Waals surface area contributed by atoms with Crippen molar-refractivity contribution >= 4 is 11.9 Å². The first-order valence-electron chi connectivity index (χ1n) is 10.0. The number of ether oxygens (including phenoxy) is 2. The fourth-order valence-corrected chi connectivity index (χ4v) is 2.49. The second-order valence-electron chi connectivity index (χ2n) is 6.78. The molecule has 0 amide bonds. The maximum atomic E-state index is 11.8. The summed E-state index contributed by atoms with van der Waals surface area (Å²) >= 11 is 0. The summed E-state index contributed by atoms with van der Waals surface area (Å²) in [6, 6.07) is 0. The summed E-state index contributed by atoms with van der Waals surface area (Å²) in [6.45, 7) is 5.76. The monoisotopic (exact) mass is 358 g/mol. The van der Waals surface area contributed by atoms with Gasteiger partial charge in [0.2, 0.25) is 0 Å². The Balaban J connectivity index is 3.92. The van der Waals surface area contributed by atoms with Crippen molar-refractivity contribution < 1.29 is 24.2 Å². The highest BCUT2D eigenvalue weighted by atomic mass is 16.6. The third-order valence-electron chi connectivity index (χ3n) is 4.20. The molecule has 25 heavy (non-hydrogen) atoms. The summed E-state index contributed by atoms with van der Waals surface area (Å²) in [6.07, 6.45) is 9.68. The van der Waals surface area contributed by atoms with Gasteiger partial charge in [-0.25, -0.2) is 0 Å². The number of aliphatic hydroxyl groups is 1. The number of hydrogen-bond donors (Lipinski definition) is 1. The van der Waals surface area contributed by atoms with Crippen LogP contribution < -0.4 is 0 Å². The number of esters is 2. The Kier molecular flexibility index (Phi) is 15.7. The van der Waals surface area contributed by atoms with E-state index >= 15 is 0 Å². The predicted molar refractivity (Wildman–Crippen MR) is 99.3 cm³/mol. The van der Waals surface area contributed by atoms with Crippen LogP contribution in [-0.4, -0.2) is 35.9 Å². The summed E-state index contributed by atoms with van der Waals surface area (Å²) < 4.78 is 10.4. The Labute approximate surface area is 153 Å². The van der Waals surface area contributed by atoms with Crippen molar-refractivity contribution in [2.45, 2.75) is 110 Å². The zero-order valence-electron chi connectivity index (χ0n) is 16.4. The lowest BCUT2D eigenvalue weighted by molar-refractivity contribution is -0.165. The van der Waals surface area contributed by atoms with E-state index in [0.29, 0.717) is 12.8 Å². The average molecular weight is 359 g/mol. The van der Waals surface area contributed by atoms with E-state index in [1.807, 2.05) is 0 Å². The standard InChI is InChI=1S/C20H38O5/c1-4-6-8-10-12-14-19(22)24-16-18(17(3)21)25-20(23)15-13-11-9-7-5-2/h17-18,21H,4-16H2,1-3H3. The van der Waals surface area contributed by atoms with Crippen molar-refractivity contribution in [3.05, 3.63) is 0 Å². The minimum absolute atomic E-state index is 0.0764. The molecule has 0 heterocycles. The van der Waals surface area contributed by atoms with Crippen molar-refractivity contribution in [3.63, 3.8) is 0 Å². The van der Waals surface area contributed by atoms with Gasteiger partial charge in [0.1, 0.15) is 6.61 Å². The van der Waals surface area contributed by atoms with Gasteiger partial charge in [0, 0.05) is 12.8 Å². The van der Waals surface area contributed by atoms with Gasteiger partial charge in [0.25, 0.3) is 0 Å². The maximum absolute atomic E-state index is 11.8. The predicted octanol–water partition coefficient (Wildman–Crippen LogP) is 4.54. The number of rotatable bonds is 16. The first kappa shape index (κ1) is 23.9. The summed E-state index contributed by atoms with van der Waals surface area (Å²) in [5.74, 6) is -0.629. The van der Waals surface area contributed by atoms with Crippen molar-refractivity contribution in [2.24, 2.45) is 0 Å². The van der Waals surface area contributed by atoms with Gasteiger partial charge in [-0.05, 0) is 19.8 Å². The minimum Gasteiger partial charge on any atom is -0.462 e. The summed E-state index contributed by atoms with van der Waals surface area (Å²) in [4.78, 5) is 23.6. The fraction of sp³-hybridized carbons (Fsp3) is 0.900. The van der Waals surface area contributed by atoms with Crippen LogP contribution in [0.15, 0.2) is 0 Å². The van der Waals surface area contributed by atoms with E-state index in [1.54, 1.807) is 0 Å². The van der Waals surface area contributed by atoms with Crippen LogP contribution >= 0.6 is 0 Å². The number of carbonyl (C=O) groups is 2. The van der Waals surface area contributed by atoms with E-state index in [-0.39, 0.29) is 18.5 Å². The second kappa shape index (κ2) is 16.4. The smallest absolute Gasteiger partial charge is 0.306 e. The third-order valence-corrected chi connectivity index (χ3v) is 4.20. The molecule has 0 saturated heterocycles. The van der Waals surface area contributed by atoms with Crippen LogP contribution in [0.3, 0.4) is 0 Å². The third kappa shape index (κ3) is 14.9. The molecule has 0 saturated carbocycles. The molecular formula is C20H38O5. The molecule has 0 aromatic rings. The van der Waals surface area contributed by atoms with E-state index in [4.69, 9.17) is 9.47 Å². The summed E-state index contributed by atoms with van der Waals surface area (Å²) in [7, 11) is 0. The van der Waals surface area contributed by atoms with Crippen LogP contribution in [0, 0.1) is 0 Å². The Morgan fingerprint density at radius 3 is 1.76 bits per heavy atom. The van der Waals surface area contributed by atoms with Gasteiger partial charge >= 0.3 is 11.9 Å². The molecule has 1 N–H and O–H groups in total. The van der Waals surface area contributed by atoms with Crippen molar-refractivity contribution in [1.82, 2.24) is 0 Å². The molecule has 0 aromatic heterocycles. The van der Waals surface area contributed by atoms with Crippen LogP contribution in [0.25, 0.3) is 0 Å². The van der Waals surface area contributed by atoms with Gasteiger partial charge in [0.15, 0.2) is 6.10 Å². The molecule has 0 spiro atoms. The van der Waals surface area contributed by atoms with Gasteiger partial charge in [-0.2, -0.15) is 0 Å². The fourth-order valence-electron chi connectivity index (χ4n) is 2.49. The lowest BCUT2D eigenvalue weighted by Crippen LogP contribution is -2.34. The van der Waals surface area contributed by atoms with E-state index in [0.717, 1.165) is 38.5 Å². The number of unbranched alkanes of at least 4 members (excludes halogenated alkanes) is 8. The average Bonchev–Trinajstić information content (AvgIpc) is 2.58. The molecule has 5 heteroatoms. The molecule has 2 atom stereocenters. The largest absolute Gasteiger partial charge is 0.462 e. The summed E-state index contributed by atoms with van der Waals surface area (Å²) in [5.41, 5.74) is 0. The van der Waals surface area contributed by atoms with Gasteiger partial charge in [-0.15, -0.1) is 0 Å². The van der Waals surface area contributed by atoms with Crippen molar-refractivity contribution in [3.8, 4) is 0 Å². The zero-order valence-corrected chi connectivity index (χ0v) is 16.4. The molecule has 0 fully saturated rings. The molecular weight excluding hydrogens is 320 g/mol. The number of hydrogen-bond acceptors (Lipinski definition) is 5. The SMILES string of the molecule is CCCCCCCC(=O)OCC(OC(=O)CCCCCCC)C(C)O. The topological polar surface area (TPSA) is 72.8 Å². The molecule has 148 valence electrons. The van der Waals surface area contributed by atoms with Crippen LogP contribution in [0.4, 0.5) is 0 Å². The van der Waals surface area contributed by atoms with Crippen molar-refractivity contribution in [1.29, 1.82) is 0 Å². The van der Waals surface area contributed by atoms with Gasteiger partial charge in [-0.3, -0.25) is 9.59 Å². The molecule has 0 bridgehead atoms. The van der Waals surface area contributed by atoms with Gasteiger partial charge in [0.05, 0.1) is 6.10 Å². The van der Waals surface area contributed by atoms with E-state index in [1.165, 1.54) is 32.6 Å². The number of carbonyl (C=O) groups excluding carboxylic acids is 2. The highest BCUT2D eigenvalue weighted by Gasteiger charge is 2.21. The Bertz CT molecular complexity index is 341. The van der Waals surface area contributed by atoms with Gasteiger partial charge < -0.3 is 14.6 Å². The van der Waals surface area contributed by atoms with Crippen LogP contribution in [0.1, 0.15) is 97.8 Å². The molecule has 0 aromatic carbocycles. The normalized spacial score (nSPS) is 13.3. The van der Waals surface area contributed by atoms with E-state index < -0.39 is 12.2 Å². The second-order valence-corrected chi connectivity index (χ2v) is 6.78. The maximum Gasteiger partial charge on any atom is 0.306 e. The highest BCUT2D eigenvalue weighted by Crippen LogP contribution is 2.10. The molecule has 0 aliphatic heterocycles. The zero-order chi connectivity index (χ0) is 18.9. The molecule has 5 nitrogen and oxygen atoms in total. The Morgan fingerprint density at radius 2 is 1.28 bits per heavy atom. The molecule has 0 rings (SSSR count). The first-order chi connectivity index (χ1) is 12.0. The van der Waals surface area contributed by atoms with Crippen LogP contribution in [0.2, 0.25) is 0 Å². The highest BCUT2D eigenvalue weighted by molar-refractivity contribution is 5.70. The van der Waals surface area contributed by atoms with Gasteiger partial charge in [-0.1, -0.05) is 65.2 Å². The molecule has 0 aliphatic rings. The molecule has 0 radical (unpaired) electrons. The van der Waals surface area contributed by atoms with Crippen molar-refractivity contribution in [2.75, 3.05) is 6.61 Å². The Morgan fingerprint density at radius 1 is 0.800 bits per heavy atom. The lowest BCUT2D eigenvalue weighted by atomic mass is 10.1. The van der Waals surface area contributed by atoms with Crippen LogP contribution in [0.5, 0.6) is 0 Å². The van der Waals surface area contributed by atoms with Crippen LogP contribution in [-0.2, 0) is 19.1 Å². The molecule has 2 unspecified atom stereocenters. The molecule has 0 aliphatic carbocycles. The quantitative estimate of drug-likeness (QED) is 0.324. The first-order valence-corrected chi connectivity index (χ1v) is 10.0.